The summed E-state index contributed by atoms with van der Waals surface area (Å²) in [6, 6.07) is 22.9. The van der Waals surface area contributed by atoms with Gasteiger partial charge in [-0.3, -0.25) is 14.4 Å². The number of nitrogens with zero attached hydrogens (tertiary/aromatic N) is 2. The SMILES string of the molecule is O=C(c1c(-c2ccc(F)cc2)sc2cc(OC(=O)C3(CO[N+](=O)[O-])CC3)ccc12)C1CC1.O=C(c1c(-c2ccc(F)cc2)sc2cc(OCC3(CO[N+](=O)[O-])CC3)ccc12)C1CC1. The third kappa shape index (κ3) is 9.25. The predicted octanol–water partition coefficient (Wildman–Crippen LogP) is 10.9. The van der Waals surface area contributed by atoms with Crippen molar-refractivity contribution in [2.24, 2.45) is 22.7 Å². The summed E-state index contributed by atoms with van der Waals surface area (Å²) in [7, 11) is 0. The molecule has 0 N–H and O–H groups in total. The van der Waals surface area contributed by atoms with Crippen LogP contribution in [0.1, 0.15) is 72.1 Å². The lowest BCUT2D eigenvalue weighted by Crippen LogP contribution is -2.27. The molecular weight excluding hydrogens is 859 g/mol. The van der Waals surface area contributed by atoms with Crippen LogP contribution < -0.4 is 9.47 Å². The van der Waals surface area contributed by atoms with E-state index in [9.17, 15) is 43.4 Å². The van der Waals surface area contributed by atoms with Gasteiger partial charge in [0.15, 0.2) is 11.6 Å². The van der Waals surface area contributed by atoms with E-state index in [1.165, 1.54) is 46.9 Å². The normalized spacial score (nSPS) is 16.7. The molecule has 324 valence electrons. The zero-order valence-electron chi connectivity index (χ0n) is 33.5. The number of hydrogen-bond donors (Lipinski definition) is 0. The summed E-state index contributed by atoms with van der Waals surface area (Å²) in [6.07, 6.45) is 6.15. The summed E-state index contributed by atoms with van der Waals surface area (Å²) in [4.78, 5) is 70.1. The Kier molecular flexibility index (Phi) is 11.2. The monoisotopic (exact) mass is 896 g/mol. The number of thiophene rings is 2. The van der Waals surface area contributed by atoms with Gasteiger partial charge in [0, 0.05) is 58.3 Å². The molecule has 2 heterocycles. The second-order valence-corrected chi connectivity index (χ2v) is 18.8. The Labute approximate surface area is 365 Å². The molecule has 0 saturated heterocycles. The Hall–Kier alpha value is -6.33. The zero-order chi connectivity index (χ0) is 44.0. The Morgan fingerprint density at radius 1 is 0.619 bits per heavy atom. The molecule has 0 amide bonds. The summed E-state index contributed by atoms with van der Waals surface area (Å²) in [5.74, 6) is 0.0277. The highest BCUT2D eigenvalue weighted by atomic mass is 32.1. The first-order valence-corrected chi connectivity index (χ1v) is 22.1. The van der Waals surface area contributed by atoms with Gasteiger partial charge in [-0.15, -0.1) is 42.9 Å². The highest BCUT2D eigenvalue weighted by Gasteiger charge is 2.53. The smallest absolute Gasteiger partial charge is 0.319 e. The topological polar surface area (TPSA) is 174 Å². The number of ether oxygens (including phenoxy) is 2. The number of rotatable bonds is 17. The van der Waals surface area contributed by atoms with Crippen molar-refractivity contribution in [1.82, 2.24) is 0 Å². The highest BCUT2D eigenvalue weighted by molar-refractivity contribution is 7.23. The number of benzene rings is 4. The second-order valence-electron chi connectivity index (χ2n) is 16.7. The average Bonchev–Trinajstić information content (AvgIpc) is 4.07. The molecule has 0 radical (unpaired) electrons. The Morgan fingerprint density at radius 2 is 1.08 bits per heavy atom. The van der Waals surface area contributed by atoms with Crippen LogP contribution in [0, 0.1) is 54.5 Å². The molecule has 4 aliphatic carbocycles. The van der Waals surface area contributed by atoms with E-state index < -0.39 is 21.6 Å². The lowest BCUT2D eigenvalue weighted by molar-refractivity contribution is -0.760. The van der Waals surface area contributed by atoms with Crippen molar-refractivity contribution in [2.75, 3.05) is 19.8 Å². The summed E-state index contributed by atoms with van der Waals surface area (Å²) < 4.78 is 40.0. The molecule has 63 heavy (non-hydrogen) atoms. The second kappa shape index (κ2) is 16.7. The summed E-state index contributed by atoms with van der Waals surface area (Å²) in [6.45, 7) is 0.0568. The number of ketones is 2. The summed E-state index contributed by atoms with van der Waals surface area (Å²) in [5.41, 5.74) is 1.62. The molecular formula is C46H38F2N2O11S2. The molecule has 2 aromatic heterocycles. The van der Waals surface area contributed by atoms with Crippen LogP contribution in [0.25, 0.3) is 41.1 Å². The van der Waals surface area contributed by atoms with Gasteiger partial charge in [-0.1, -0.05) is 24.3 Å². The third-order valence-electron chi connectivity index (χ3n) is 11.8. The standard InChI is InChI=1S/C23H18FNO6S.C23H20FNO5S/c24-15-5-3-14(4-6-15)21-19(20(26)13-1-2-13)17-8-7-16(11-18(17)32-21)31-22(27)23(9-10-23)12-30-25(28)29;24-16-5-3-15(4-6-16)22-20(21(26)14-1-2-14)18-8-7-17(11-19(18)31-22)29-12-23(9-10-23)13-30-25(27)28/h3-8,11,13H,1-2,9-10,12H2;3-8,11,14H,1-2,9-10,12-13H2. The van der Waals surface area contributed by atoms with Crippen LogP contribution in [0.3, 0.4) is 0 Å². The molecule has 6 aromatic rings. The number of halogens is 2. The molecule has 0 unspecified atom stereocenters. The average molecular weight is 897 g/mol. The Morgan fingerprint density at radius 3 is 1.52 bits per heavy atom. The number of carbonyl (C=O) groups excluding carboxylic acids is 3. The molecule has 0 aliphatic heterocycles. The molecule has 10 rings (SSSR count). The lowest BCUT2D eigenvalue weighted by Gasteiger charge is -2.15. The first-order chi connectivity index (χ1) is 30.3. The number of Topliss-reactive ketones (excluding diaryl/α,β-unsaturated/α-hetero) is 2. The van der Waals surface area contributed by atoms with Gasteiger partial charge in [0.25, 0.3) is 10.2 Å². The first kappa shape index (κ1) is 42.0. The lowest BCUT2D eigenvalue weighted by atomic mass is 9.99. The van der Waals surface area contributed by atoms with Gasteiger partial charge in [0.2, 0.25) is 0 Å². The Bertz CT molecular complexity index is 2790. The van der Waals surface area contributed by atoms with Crippen LogP contribution in [0.15, 0.2) is 84.9 Å². The van der Waals surface area contributed by atoms with Crippen LogP contribution in [-0.4, -0.2) is 47.5 Å². The van der Waals surface area contributed by atoms with E-state index in [-0.39, 0.29) is 53.7 Å². The molecule has 13 nitrogen and oxygen atoms in total. The maximum Gasteiger partial charge on any atom is 0.319 e. The van der Waals surface area contributed by atoms with Crippen molar-refractivity contribution in [3.05, 3.63) is 128 Å². The molecule has 17 heteroatoms. The molecule has 0 atom stereocenters. The molecule has 4 aliphatic rings. The maximum absolute atomic E-state index is 13.4. The first-order valence-electron chi connectivity index (χ1n) is 20.4. The summed E-state index contributed by atoms with van der Waals surface area (Å²) >= 11 is 2.88. The largest absolute Gasteiger partial charge is 0.493 e. The Balaban J connectivity index is 0.000000160. The van der Waals surface area contributed by atoms with Crippen molar-refractivity contribution < 1.29 is 52.5 Å². The van der Waals surface area contributed by atoms with Gasteiger partial charge in [-0.25, -0.2) is 8.78 Å². The van der Waals surface area contributed by atoms with Gasteiger partial charge in [-0.2, -0.15) is 0 Å². The van der Waals surface area contributed by atoms with Gasteiger partial charge >= 0.3 is 5.97 Å². The van der Waals surface area contributed by atoms with Crippen molar-refractivity contribution in [3.8, 4) is 32.4 Å². The number of carbonyl (C=O) groups is 3. The molecule has 0 spiro atoms. The molecule has 4 saturated carbocycles. The minimum absolute atomic E-state index is 0.0147. The van der Waals surface area contributed by atoms with Crippen LogP contribution in [0.2, 0.25) is 0 Å². The predicted molar refractivity (Wildman–Crippen MR) is 229 cm³/mol. The number of hydrogen-bond acceptors (Lipinski definition) is 13. The minimum atomic E-state index is -0.982. The van der Waals surface area contributed by atoms with Crippen molar-refractivity contribution in [3.63, 3.8) is 0 Å². The van der Waals surface area contributed by atoms with E-state index in [0.717, 1.165) is 79.6 Å². The van der Waals surface area contributed by atoms with Gasteiger partial charge in [0.05, 0.1) is 12.0 Å². The fourth-order valence-corrected chi connectivity index (χ4v) is 9.87. The summed E-state index contributed by atoms with van der Waals surface area (Å²) in [5, 5.41) is 20.9. The third-order valence-corrected chi connectivity index (χ3v) is 14.2. The van der Waals surface area contributed by atoms with E-state index >= 15 is 0 Å². The molecule has 4 fully saturated rings. The van der Waals surface area contributed by atoms with Crippen molar-refractivity contribution >= 4 is 60.4 Å². The molecule has 4 aromatic carbocycles. The van der Waals surface area contributed by atoms with Gasteiger partial charge < -0.3 is 19.1 Å². The molecule has 0 bridgehead atoms. The van der Waals surface area contributed by atoms with E-state index in [4.69, 9.17) is 9.47 Å². The van der Waals surface area contributed by atoms with Gasteiger partial charge in [0.1, 0.15) is 36.3 Å². The zero-order valence-corrected chi connectivity index (χ0v) is 35.1. The van der Waals surface area contributed by atoms with Crippen LogP contribution in [0.5, 0.6) is 11.5 Å². The van der Waals surface area contributed by atoms with Crippen LogP contribution in [-0.2, 0) is 14.5 Å². The quantitative estimate of drug-likeness (QED) is 0.0280. The highest BCUT2D eigenvalue weighted by Crippen LogP contribution is 2.50. The minimum Gasteiger partial charge on any atom is -0.493 e. The number of esters is 1. The van der Waals surface area contributed by atoms with Crippen molar-refractivity contribution in [2.45, 2.75) is 51.4 Å². The number of fused-ring (bicyclic) bond motifs is 2. The van der Waals surface area contributed by atoms with Crippen molar-refractivity contribution in [1.29, 1.82) is 0 Å². The van der Waals surface area contributed by atoms with E-state index in [1.54, 1.807) is 42.5 Å². The van der Waals surface area contributed by atoms with Crippen LogP contribution >= 0.6 is 22.7 Å². The van der Waals surface area contributed by atoms with Crippen LogP contribution in [0.4, 0.5) is 8.78 Å². The fourth-order valence-electron chi connectivity index (χ4n) is 7.39. The fraction of sp³-hybridized carbons (Fsp3) is 0.326. The van der Waals surface area contributed by atoms with Gasteiger partial charge in [-0.05, 0) is 123 Å². The van der Waals surface area contributed by atoms with E-state index in [0.29, 0.717) is 42.1 Å². The van der Waals surface area contributed by atoms with E-state index in [2.05, 4.69) is 9.68 Å². The maximum atomic E-state index is 13.4. The van der Waals surface area contributed by atoms with E-state index in [1.807, 2.05) is 18.2 Å².